The van der Waals surface area contributed by atoms with Crippen LogP contribution in [0.1, 0.15) is 23.2 Å². The summed E-state index contributed by atoms with van der Waals surface area (Å²) in [5.41, 5.74) is -1.14. The second-order valence-corrected chi connectivity index (χ2v) is 5.32. The van der Waals surface area contributed by atoms with Gasteiger partial charge in [0.25, 0.3) is 6.43 Å². The highest BCUT2D eigenvalue weighted by atomic mass is 32.2. The zero-order valence-corrected chi connectivity index (χ0v) is 11.7. The summed E-state index contributed by atoms with van der Waals surface area (Å²) >= 11 is 1.05. The molecule has 0 aliphatic heterocycles. The average molecular weight is 316 g/mol. The van der Waals surface area contributed by atoms with E-state index in [-0.39, 0.29) is 16.2 Å². The number of aryl methyl sites for hydroxylation is 1. The van der Waals surface area contributed by atoms with Crippen molar-refractivity contribution in [1.29, 1.82) is 0 Å². The molecule has 2 aromatic rings. The van der Waals surface area contributed by atoms with Crippen molar-refractivity contribution in [2.24, 2.45) is 0 Å². The van der Waals surface area contributed by atoms with Crippen molar-refractivity contribution in [1.82, 2.24) is 9.97 Å². The number of hydrogen-bond acceptors (Lipinski definition) is 3. The van der Waals surface area contributed by atoms with E-state index in [1.807, 2.05) is 0 Å². The molecule has 0 spiro atoms. The molecule has 0 amide bonds. The van der Waals surface area contributed by atoms with E-state index in [0.717, 1.165) is 17.8 Å². The Labute approximate surface area is 121 Å². The summed E-state index contributed by atoms with van der Waals surface area (Å²) in [6.07, 6.45) is -1.41. The van der Waals surface area contributed by atoms with Crippen LogP contribution in [0.5, 0.6) is 0 Å². The van der Waals surface area contributed by atoms with Crippen LogP contribution in [0.2, 0.25) is 0 Å². The predicted octanol–water partition coefficient (Wildman–Crippen LogP) is 2.74. The first-order chi connectivity index (χ1) is 9.88. The number of thioether (sulfide) groups is 1. The van der Waals surface area contributed by atoms with Gasteiger partial charge in [0.2, 0.25) is 0 Å². The third kappa shape index (κ3) is 3.57. The Morgan fingerprint density at radius 2 is 1.95 bits per heavy atom. The molecule has 0 unspecified atom stereocenters. The Balaban J connectivity index is 2.22. The van der Waals surface area contributed by atoms with Crippen molar-refractivity contribution in [3.05, 3.63) is 61.7 Å². The van der Waals surface area contributed by atoms with Crippen LogP contribution >= 0.6 is 11.8 Å². The Hall–Kier alpha value is -1.96. The van der Waals surface area contributed by atoms with Gasteiger partial charge < -0.3 is 9.97 Å². The number of hydrogen-bond donors (Lipinski definition) is 2. The maximum absolute atomic E-state index is 13.8. The zero-order valence-electron chi connectivity index (χ0n) is 10.9. The summed E-state index contributed by atoms with van der Waals surface area (Å²) in [6.45, 7) is 1.53. The first kappa shape index (κ1) is 15.4. The fourth-order valence-corrected chi connectivity index (χ4v) is 2.69. The lowest BCUT2D eigenvalue weighted by atomic mass is 10.1. The smallest absolute Gasteiger partial charge is 0.313 e. The highest BCUT2D eigenvalue weighted by molar-refractivity contribution is 7.98. The van der Waals surface area contributed by atoms with Crippen LogP contribution in [-0.4, -0.2) is 9.97 Å². The summed E-state index contributed by atoms with van der Waals surface area (Å²) in [7, 11) is 0. The van der Waals surface area contributed by atoms with Crippen LogP contribution in [0.15, 0.2) is 32.8 Å². The molecule has 1 aromatic carbocycles. The van der Waals surface area contributed by atoms with Gasteiger partial charge in [0.1, 0.15) is 5.82 Å². The molecular weight excluding hydrogens is 305 g/mol. The lowest BCUT2D eigenvalue weighted by molar-refractivity contribution is 0.150. The molecule has 4 nitrogen and oxygen atoms in total. The highest BCUT2D eigenvalue weighted by Crippen LogP contribution is 2.31. The van der Waals surface area contributed by atoms with Crippen LogP contribution in [0.4, 0.5) is 13.2 Å². The van der Waals surface area contributed by atoms with Crippen molar-refractivity contribution < 1.29 is 13.2 Å². The van der Waals surface area contributed by atoms with E-state index in [1.165, 1.54) is 19.2 Å². The molecule has 0 saturated heterocycles. The fourth-order valence-electron chi connectivity index (χ4n) is 1.75. The predicted molar refractivity (Wildman–Crippen MR) is 73.3 cm³/mol. The Bertz CT molecular complexity index is 747. The van der Waals surface area contributed by atoms with Gasteiger partial charge in [-0.25, -0.2) is 13.2 Å². The van der Waals surface area contributed by atoms with Gasteiger partial charge in [-0.15, -0.1) is 11.8 Å². The third-order valence-electron chi connectivity index (χ3n) is 2.73. The van der Waals surface area contributed by atoms with Gasteiger partial charge in [0, 0.05) is 28.1 Å². The summed E-state index contributed by atoms with van der Waals surface area (Å²) < 4.78 is 38.9. The van der Waals surface area contributed by atoms with Gasteiger partial charge in [-0.1, -0.05) is 0 Å². The molecule has 1 aromatic heterocycles. The molecule has 0 fully saturated rings. The van der Waals surface area contributed by atoms with E-state index in [2.05, 4.69) is 9.97 Å². The van der Waals surface area contributed by atoms with E-state index in [1.54, 1.807) is 0 Å². The van der Waals surface area contributed by atoms with Crippen LogP contribution in [-0.2, 0) is 5.75 Å². The molecule has 2 rings (SSSR count). The average Bonchev–Trinajstić information content (AvgIpc) is 2.41. The van der Waals surface area contributed by atoms with Gasteiger partial charge in [-0.2, -0.15) is 0 Å². The number of halogens is 3. The minimum absolute atomic E-state index is 0.192. The van der Waals surface area contributed by atoms with Crippen LogP contribution in [0.3, 0.4) is 0 Å². The number of H-pyrrole nitrogens is 2. The first-order valence-corrected chi connectivity index (χ1v) is 6.89. The number of nitrogens with one attached hydrogen (secondary N) is 2. The zero-order chi connectivity index (χ0) is 15.6. The molecule has 0 atom stereocenters. The summed E-state index contributed by atoms with van der Waals surface area (Å²) in [6, 6.07) is 2.03. The second kappa shape index (κ2) is 6.21. The summed E-state index contributed by atoms with van der Waals surface area (Å²) in [5, 5.41) is 0. The maximum Gasteiger partial charge on any atom is 0.313 e. The molecule has 0 bridgehead atoms. The van der Waals surface area contributed by atoms with Crippen molar-refractivity contribution in [3.63, 3.8) is 0 Å². The van der Waals surface area contributed by atoms with Gasteiger partial charge in [-0.3, -0.25) is 9.59 Å². The van der Waals surface area contributed by atoms with Gasteiger partial charge in [-0.05, 0) is 24.6 Å². The lowest BCUT2D eigenvalue weighted by Crippen LogP contribution is -2.29. The highest BCUT2D eigenvalue weighted by Gasteiger charge is 2.14. The number of alkyl halides is 2. The molecule has 21 heavy (non-hydrogen) atoms. The topological polar surface area (TPSA) is 65.7 Å². The van der Waals surface area contributed by atoms with E-state index < -0.39 is 23.4 Å². The van der Waals surface area contributed by atoms with Crippen LogP contribution < -0.4 is 11.1 Å². The minimum Gasteiger partial charge on any atom is -0.323 e. The quantitative estimate of drug-likeness (QED) is 0.673. The number of rotatable bonds is 4. The summed E-state index contributed by atoms with van der Waals surface area (Å²) in [5.74, 6) is -0.542. The van der Waals surface area contributed by atoms with Gasteiger partial charge in [0.05, 0.1) is 0 Å². The van der Waals surface area contributed by atoms with Gasteiger partial charge in [0.15, 0.2) is 0 Å². The molecule has 2 N–H and O–H groups in total. The van der Waals surface area contributed by atoms with Crippen molar-refractivity contribution >= 4 is 11.8 Å². The molecule has 0 saturated carbocycles. The standard InChI is InChI=1S/C13H11F3N2O2S/c1-6-2-7(11(15)16)3-9(14)10(6)21-5-8-4-17-12(19)13(20)18-8/h2-4,11H,5H2,1H3,(H,17,19)(H,18,20). The van der Waals surface area contributed by atoms with Crippen molar-refractivity contribution in [2.45, 2.75) is 24.0 Å². The molecule has 1 heterocycles. The molecule has 0 aliphatic rings. The molecule has 112 valence electrons. The van der Waals surface area contributed by atoms with Gasteiger partial charge >= 0.3 is 11.1 Å². The fraction of sp³-hybridized carbons (Fsp3) is 0.231. The molecule has 0 radical (unpaired) electrons. The van der Waals surface area contributed by atoms with E-state index in [0.29, 0.717) is 11.3 Å². The normalized spacial score (nSPS) is 11.1. The van der Waals surface area contributed by atoms with E-state index >= 15 is 0 Å². The Morgan fingerprint density at radius 3 is 2.52 bits per heavy atom. The van der Waals surface area contributed by atoms with Crippen molar-refractivity contribution in [2.75, 3.05) is 0 Å². The number of aromatic amines is 2. The summed E-state index contributed by atoms with van der Waals surface area (Å²) in [4.78, 5) is 26.9. The Kier molecular flexibility index (Phi) is 4.56. The molecular formula is C13H11F3N2O2S. The number of aromatic nitrogens is 2. The second-order valence-electron chi connectivity index (χ2n) is 4.34. The minimum atomic E-state index is -2.73. The number of benzene rings is 1. The first-order valence-electron chi connectivity index (χ1n) is 5.90. The lowest BCUT2D eigenvalue weighted by Gasteiger charge is -2.09. The van der Waals surface area contributed by atoms with Crippen LogP contribution in [0.25, 0.3) is 0 Å². The van der Waals surface area contributed by atoms with Crippen molar-refractivity contribution in [3.8, 4) is 0 Å². The maximum atomic E-state index is 13.8. The van der Waals surface area contributed by atoms with E-state index in [9.17, 15) is 22.8 Å². The van der Waals surface area contributed by atoms with Crippen LogP contribution in [0, 0.1) is 12.7 Å². The van der Waals surface area contributed by atoms with E-state index in [4.69, 9.17) is 0 Å². The monoisotopic (exact) mass is 316 g/mol. The third-order valence-corrected chi connectivity index (χ3v) is 3.99. The molecule has 0 aliphatic carbocycles. The largest absolute Gasteiger partial charge is 0.323 e. The molecule has 8 heteroatoms. The SMILES string of the molecule is Cc1cc(C(F)F)cc(F)c1SCc1c[nH]c(=O)c(=O)[nH]1. The Morgan fingerprint density at radius 1 is 1.24 bits per heavy atom.